The van der Waals surface area contributed by atoms with Gasteiger partial charge in [0.25, 0.3) is 0 Å². The number of phosphoric ester groups is 1. The van der Waals surface area contributed by atoms with E-state index < -0.39 is 80.4 Å². The van der Waals surface area contributed by atoms with E-state index in [1.165, 1.54) is 26.4 Å². The number of carbonyl (C=O) groups is 1. The maximum atomic E-state index is 13.5. The van der Waals surface area contributed by atoms with Crippen molar-refractivity contribution < 1.29 is 136 Å². The Kier molecular flexibility index (Phi) is 11.7. The third kappa shape index (κ3) is 6.88. The van der Waals surface area contributed by atoms with Crippen molar-refractivity contribution in [3.05, 3.63) is 41.0 Å². The zero-order chi connectivity index (χ0) is 32.5. The fraction of sp³-hybridized carbons (Fsp3) is 0.552. The van der Waals surface area contributed by atoms with Gasteiger partial charge >= 0.3 is 65.1 Å². The largest absolute Gasteiger partial charge is 1.00 e. The van der Waals surface area contributed by atoms with Gasteiger partial charge in [0.15, 0.2) is 35.6 Å². The monoisotopic (exact) mass is 712 g/mol. The molecule has 19 heteroatoms. The molecule has 0 bridgehead atoms. The van der Waals surface area contributed by atoms with Gasteiger partial charge in [0.2, 0.25) is 12.5 Å². The summed E-state index contributed by atoms with van der Waals surface area (Å²) in [5, 5.41) is 22.0. The molecule has 5 aliphatic rings. The maximum absolute atomic E-state index is 13.5. The second-order valence-corrected chi connectivity index (χ2v) is 12.6. The summed E-state index contributed by atoms with van der Waals surface area (Å²) in [6.07, 6.45) is -7.25. The summed E-state index contributed by atoms with van der Waals surface area (Å²) in [5.74, 6) is -2.66. The first-order valence-electron chi connectivity index (χ1n) is 14.5. The van der Waals surface area contributed by atoms with E-state index in [-0.39, 0.29) is 90.6 Å². The number of fused-ring (bicyclic) bond motifs is 4. The van der Waals surface area contributed by atoms with Crippen molar-refractivity contribution in [1.82, 2.24) is 0 Å². The number of rotatable bonds is 7. The van der Waals surface area contributed by atoms with Crippen LogP contribution in [0.15, 0.2) is 24.3 Å². The van der Waals surface area contributed by atoms with Gasteiger partial charge in [-0.1, -0.05) is 0 Å². The third-order valence-electron chi connectivity index (χ3n) is 8.93. The fourth-order valence-corrected chi connectivity index (χ4v) is 7.33. The van der Waals surface area contributed by atoms with Crippen LogP contribution in [0.2, 0.25) is 0 Å². The third-order valence-corrected chi connectivity index (χ3v) is 9.34. The molecule has 2 aromatic carbocycles. The van der Waals surface area contributed by atoms with Gasteiger partial charge in [0.05, 0.1) is 39.5 Å². The molecule has 5 unspecified atom stereocenters. The van der Waals surface area contributed by atoms with Crippen molar-refractivity contribution in [2.24, 2.45) is 11.8 Å². The maximum Gasteiger partial charge on any atom is 1.00 e. The molecule has 4 aliphatic heterocycles. The Morgan fingerprint density at radius 2 is 1.54 bits per heavy atom. The van der Waals surface area contributed by atoms with Crippen molar-refractivity contribution in [2.75, 3.05) is 34.2 Å². The Morgan fingerprint density at radius 1 is 0.896 bits per heavy atom. The fourth-order valence-electron chi connectivity index (χ4n) is 6.92. The van der Waals surface area contributed by atoms with Gasteiger partial charge < -0.3 is 71.7 Å². The molecule has 7 rings (SSSR count). The Morgan fingerprint density at radius 3 is 2.17 bits per heavy atom. The summed E-state index contributed by atoms with van der Waals surface area (Å²) in [5.41, 5.74) is 1.57. The minimum atomic E-state index is -5.50. The zero-order valence-electron chi connectivity index (χ0n) is 26.8. The average Bonchev–Trinajstić information content (AvgIpc) is 3.64. The van der Waals surface area contributed by atoms with Crippen molar-refractivity contribution in [1.29, 1.82) is 0 Å². The minimum absolute atomic E-state index is 0. The van der Waals surface area contributed by atoms with Crippen LogP contribution in [0.4, 0.5) is 0 Å². The van der Waals surface area contributed by atoms with Crippen LogP contribution in [0.25, 0.3) is 0 Å². The number of aliphatic hydroxyl groups is 2. The topological polar surface area (TPSA) is 213 Å². The SMILES string of the molecule is COc1cc([C@H]2c3cc4c(cc3C(OC3O[C@@H]5COC(C)O[C@@H]5C(O)C3O)[C@@H]3COC(=O)[C@H]23)OCO4)cc(OC)c1OP(=O)([O-])[O-].[Na+].[Na+]. The van der Waals surface area contributed by atoms with Crippen LogP contribution in [-0.2, 0) is 33.0 Å². The van der Waals surface area contributed by atoms with Crippen LogP contribution in [0.3, 0.4) is 0 Å². The predicted octanol–water partition coefficient (Wildman–Crippen LogP) is -6.15. The van der Waals surface area contributed by atoms with Crippen molar-refractivity contribution in [3.63, 3.8) is 0 Å². The van der Waals surface area contributed by atoms with E-state index in [1.54, 1.807) is 19.1 Å². The molecule has 2 N–H and O–H groups in total. The molecule has 16 nitrogen and oxygen atoms in total. The molecule has 4 heterocycles. The van der Waals surface area contributed by atoms with E-state index in [9.17, 15) is 29.4 Å². The molecular formula is C29H31Na2O16P. The molecule has 250 valence electrons. The van der Waals surface area contributed by atoms with E-state index in [0.717, 1.165) is 0 Å². The molecule has 2 aromatic rings. The Balaban J connectivity index is 0.00000225. The van der Waals surface area contributed by atoms with E-state index in [0.29, 0.717) is 28.2 Å². The summed E-state index contributed by atoms with van der Waals surface area (Å²) in [6.45, 7) is 1.68. The van der Waals surface area contributed by atoms with Gasteiger partial charge in [-0.3, -0.25) is 4.79 Å². The molecule has 3 fully saturated rings. The molecule has 3 saturated heterocycles. The first-order valence-corrected chi connectivity index (χ1v) is 15.9. The van der Waals surface area contributed by atoms with E-state index >= 15 is 0 Å². The number of cyclic esters (lactones) is 1. The number of benzene rings is 2. The normalized spacial score (nSPS) is 33.2. The summed E-state index contributed by atoms with van der Waals surface area (Å²) in [4.78, 5) is 36.5. The second-order valence-electron chi connectivity index (χ2n) is 11.5. The quantitative estimate of drug-likeness (QED) is 0.155. The summed E-state index contributed by atoms with van der Waals surface area (Å²) < 4.78 is 67.5. The number of esters is 1. The Bertz CT molecular complexity index is 1540. The smallest absolute Gasteiger partial charge is 0.780 e. The standard InChI is InChI=1S/C29H33O16P.2Na/c1-11-38-9-20-27(42-11)23(30)24(31)29(43-20)44-25-14-7-17-16(40-10-41-17)6-13(14)21(22-15(25)8-39-28(22)32)12-4-18(36-2)26(19(5-12)37-3)45-46(33,34)35;;/h4-7,11,15,20-25,27,29-31H,8-10H2,1-3H3,(H2,33,34,35);;/q;2*+1/p-2/t11?,15-,20-,21+,22+,23?,24?,25?,27+,29?;;/m1../s1. The minimum Gasteiger partial charge on any atom is -0.780 e. The molecule has 0 saturated carbocycles. The summed E-state index contributed by atoms with van der Waals surface area (Å²) in [6, 6.07) is 6.32. The van der Waals surface area contributed by atoms with Gasteiger partial charge in [0, 0.05) is 11.8 Å². The molecule has 1 aliphatic carbocycles. The molecule has 0 spiro atoms. The Labute approximate surface area is 319 Å². The van der Waals surface area contributed by atoms with Crippen molar-refractivity contribution in [2.45, 2.75) is 55.9 Å². The van der Waals surface area contributed by atoms with Crippen LogP contribution in [0.5, 0.6) is 28.7 Å². The van der Waals surface area contributed by atoms with Gasteiger partial charge in [-0.15, -0.1) is 0 Å². The number of methoxy groups -OCH3 is 2. The van der Waals surface area contributed by atoms with Gasteiger partial charge in [-0.05, 0) is 47.9 Å². The first kappa shape index (κ1) is 38.1. The van der Waals surface area contributed by atoms with Crippen LogP contribution < -0.4 is 92.4 Å². The molecular weight excluding hydrogens is 681 g/mol. The van der Waals surface area contributed by atoms with Gasteiger partial charge in [-0.25, -0.2) is 0 Å². The predicted molar refractivity (Wildman–Crippen MR) is 145 cm³/mol. The second kappa shape index (κ2) is 14.8. The number of phosphoric acid groups is 1. The van der Waals surface area contributed by atoms with Crippen LogP contribution >= 0.6 is 7.82 Å². The molecule has 0 aromatic heterocycles. The van der Waals surface area contributed by atoms with E-state index in [4.69, 9.17) is 42.6 Å². The van der Waals surface area contributed by atoms with Gasteiger partial charge in [0.1, 0.15) is 32.2 Å². The molecule has 0 amide bonds. The number of ether oxygens (including phenoxy) is 9. The van der Waals surface area contributed by atoms with E-state index in [1.807, 2.05) is 0 Å². The molecule has 48 heavy (non-hydrogen) atoms. The first-order chi connectivity index (χ1) is 22.0. The van der Waals surface area contributed by atoms with Crippen LogP contribution in [0, 0.1) is 11.8 Å². The van der Waals surface area contributed by atoms with Crippen LogP contribution in [0.1, 0.15) is 35.6 Å². The van der Waals surface area contributed by atoms with Crippen molar-refractivity contribution >= 4 is 13.8 Å². The summed E-state index contributed by atoms with van der Waals surface area (Å²) >= 11 is 0. The number of hydrogen-bond acceptors (Lipinski definition) is 16. The zero-order valence-corrected chi connectivity index (χ0v) is 31.7. The van der Waals surface area contributed by atoms with Gasteiger partial charge in [-0.2, -0.15) is 0 Å². The number of aliphatic hydroxyl groups excluding tert-OH is 2. The number of hydrogen-bond donors (Lipinski definition) is 2. The average molecular weight is 713 g/mol. The van der Waals surface area contributed by atoms with Crippen LogP contribution in [-0.4, -0.2) is 87.4 Å². The van der Waals surface area contributed by atoms with Crippen molar-refractivity contribution in [3.8, 4) is 28.7 Å². The summed E-state index contributed by atoms with van der Waals surface area (Å²) in [7, 11) is -2.99. The molecule has 0 radical (unpaired) electrons. The number of carbonyl (C=O) groups excluding carboxylic acids is 1. The van der Waals surface area contributed by atoms with E-state index in [2.05, 4.69) is 4.52 Å². The molecule has 10 atom stereocenters. The Hall–Kier alpha value is -1.18.